The van der Waals surface area contributed by atoms with Crippen LogP contribution in [-0.4, -0.2) is 23.7 Å². The molecule has 2 rings (SSSR count). The quantitative estimate of drug-likeness (QED) is 0.682. The minimum Gasteiger partial charge on any atom is -0.484 e. The van der Waals surface area contributed by atoms with Crippen molar-refractivity contribution >= 4 is 12.1 Å². The fraction of sp³-hybridized carbons (Fsp3) is 0.278. The monoisotopic (exact) mass is 311 g/mol. The third-order valence-corrected chi connectivity index (χ3v) is 3.20. The highest BCUT2D eigenvalue weighted by atomic mass is 16.5. The highest BCUT2D eigenvalue weighted by Crippen LogP contribution is 2.24. The van der Waals surface area contributed by atoms with Crippen molar-refractivity contribution in [3.8, 4) is 5.75 Å². The Morgan fingerprint density at radius 3 is 2.43 bits per heavy atom. The Labute approximate surface area is 136 Å². The SMILES string of the molecule is CC(C)(C)c1ccc(OCC(=O)N/N=C\c2ccncc2)cc1. The van der Waals surface area contributed by atoms with Gasteiger partial charge in [-0.25, -0.2) is 5.43 Å². The van der Waals surface area contributed by atoms with Crippen molar-refractivity contribution in [3.05, 3.63) is 59.9 Å². The summed E-state index contributed by atoms with van der Waals surface area (Å²) in [4.78, 5) is 15.6. The third kappa shape index (κ3) is 5.54. The van der Waals surface area contributed by atoms with Crippen molar-refractivity contribution in [2.24, 2.45) is 5.10 Å². The van der Waals surface area contributed by atoms with Crippen LogP contribution in [0.4, 0.5) is 0 Å². The summed E-state index contributed by atoms with van der Waals surface area (Å²) in [5.74, 6) is 0.349. The standard InChI is InChI=1S/C18H21N3O2/c1-18(2,3)15-4-6-16(7-5-15)23-13-17(22)21-20-12-14-8-10-19-11-9-14/h4-12H,13H2,1-3H3,(H,21,22)/b20-12-. The topological polar surface area (TPSA) is 63.6 Å². The van der Waals surface area contributed by atoms with Crippen LogP contribution in [0.25, 0.3) is 0 Å². The molecule has 0 saturated carbocycles. The summed E-state index contributed by atoms with van der Waals surface area (Å²) >= 11 is 0. The number of nitrogens with zero attached hydrogens (tertiary/aromatic N) is 2. The molecule has 0 fully saturated rings. The summed E-state index contributed by atoms with van der Waals surface area (Å²) in [5, 5.41) is 3.87. The van der Waals surface area contributed by atoms with Gasteiger partial charge in [0.25, 0.3) is 5.91 Å². The molecule has 120 valence electrons. The predicted octanol–water partition coefficient (Wildman–Crippen LogP) is 2.91. The molecule has 1 N–H and O–H groups in total. The maximum absolute atomic E-state index is 11.7. The van der Waals surface area contributed by atoms with Crippen molar-refractivity contribution in [2.75, 3.05) is 6.61 Å². The van der Waals surface area contributed by atoms with Crippen LogP contribution in [0.3, 0.4) is 0 Å². The first-order chi connectivity index (χ1) is 10.9. The Hall–Kier alpha value is -2.69. The summed E-state index contributed by atoms with van der Waals surface area (Å²) in [6.45, 7) is 6.37. The van der Waals surface area contributed by atoms with E-state index in [1.807, 2.05) is 24.3 Å². The molecule has 1 heterocycles. The van der Waals surface area contributed by atoms with Gasteiger partial charge in [0, 0.05) is 12.4 Å². The van der Waals surface area contributed by atoms with E-state index in [1.54, 1.807) is 30.7 Å². The van der Waals surface area contributed by atoms with Gasteiger partial charge in [0.1, 0.15) is 5.75 Å². The minimum atomic E-state index is -0.310. The van der Waals surface area contributed by atoms with Crippen LogP contribution < -0.4 is 10.2 Å². The lowest BCUT2D eigenvalue weighted by Gasteiger charge is -2.19. The molecule has 0 aliphatic heterocycles. The van der Waals surface area contributed by atoms with E-state index in [1.165, 1.54) is 5.56 Å². The van der Waals surface area contributed by atoms with Gasteiger partial charge in [-0.1, -0.05) is 32.9 Å². The van der Waals surface area contributed by atoms with E-state index in [0.29, 0.717) is 5.75 Å². The van der Waals surface area contributed by atoms with Gasteiger partial charge in [-0.15, -0.1) is 0 Å². The van der Waals surface area contributed by atoms with Crippen molar-refractivity contribution < 1.29 is 9.53 Å². The molecule has 0 bridgehead atoms. The zero-order chi connectivity index (χ0) is 16.7. The van der Waals surface area contributed by atoms with E-state index < -0.39 is 0 Å². The van der Waals surface area contributed by atoms with Gasteiger partial charge in [-0.2, -0.15) is 5.10 Å². The van der Waals surface area contributed by atoms with E-state index in [9.17, 15) is 4.79 Å². The van der Waals surface area contributed by atoms with Gasteiger partial charge < -0.3 is 4.74 Å². The molecule has 1 amide bonds. The smallest absolute Gasteiger partial charge is 0.277 e. The summed E-state index contributed by atoms with van der Waals surface area (Å²) in [7, 11) is 0. The number of nitrogens with one attached hydrogen (secondary N) is 1. The average molecular weight is 311 g/mol. The van der Waals surface area contributed by atoms with Gasteiger partial charge in [0.05, 0.1) is 6.21 Å². The number of aromatic nitrogens is 1. The van der Waals surface area contributed by atoms with E-state index in [-0.39, 0.29) is 17.9 Å². The number of carbonyl (C=O) groups excluding carboxylic acids is 1. The zero-order valence-corrected chi connectivity index (χ0v) is 13.6. The number of rotatable bonds is 5. The first-order valence-corrected chi connectivity index (χ1v) is 7.40. The molecule has 5 heteroatoms. The lowest BCUT2D eigenvalue weighted by Crippen LogP contribution is -2.24. The van der Waals surface area contributed by atoms with Crippen LogP contribution >= 0.6 is 0 Å². The van der Waals surface area contributed by atoms with E-state index >= 15 is 0 Å². The van der Waals surface area contributed by atoms with Crippen LogP contribution in [0, 0.1) is 0 Å². The third-order valence-electron chi connectivity index (χ3n) is 3.20. The normalized spacial score (nSPS) is 11.4. The fourth-order valence-corrected chi connectivity index (χ4v) is 1.86. The van der Waals surface area contributed by atoms with Gasteiger partial charge >= 0.3 is 0 Å². The second kappa shape index (κ2) is 7.54. The Balaban J connectivity index is 1.79. The fourth-order valence-electron chi connectivity index (χ4n) is 1.86. The lowest BCUT2D eigenvalue weighted by atomic mass is 9.87. The number of benzene rings is 1. The second-order valence-electron chi connectivity index (χ2n) is 6.14. The van der Waals surface area contributed by atoms with Crippen molar-refractivity contribution in [1.82, 2.24) is 10.4 Å². The molecule has 0 radical (unpaired) electrons. The van der Waals surface area contributed by atoms with E-state index in [4.69, 9.17) is 4.74 Å². The van der Waals surface area contributed by atoms with Crippen LogP contribution in [0.2, 0.25) is 0 Å². The van der Waals surface area contributed by atoms with Gasteiger partial charge in [-0.3, -0.25) is 9.78 Å². The maximum atomic E-state index is 11.7. The summed E-state index contributed by atoms with van der Waals surface area (Å²) in [6, 6.07) is 11.3. The lowest BCUT2D eigenvalue weighted by molar-refractivity contribution is -0.123. The largest absolute Gasteiger partial charge is 0.484 e. The predicted molar refractivity (Wildman–Crippen MR) is 90.6 cm³/mol. The first kappa shape index (κ1) is 16.7. The molecule has 0 aliphatic rings. The Bertz CT molecular complexity index is 659. The van der Waals surface area contributed by atoms with Crippen LogP contribution in [-0.2, 0) is 10.2 Å². The van der Waals surface area contributed by atoms with Crippen molar-refractivity contribution in [1.29, 1.82) is 0 Å². The highest BCUT2D eigenvalue weighted by Gasteiger charge is 2.13. The molecule has 0 spiro atoms. The summed E-state index contributed by atoms with van der Waals surface area (Å²) in [5.41, 5.74) is 4.60. The molecule has 0 saturated heterocycles. The maximum Gasteiger partial charge on any atom is 0.277 e. The zero-order valence-electron chi connectivity index (χ0n) is 13.6. The van der Waals surface area contributed by atoms with E-state index in [2.05, 4.69) is 36.3 Å². The number of hydrogen-bond acceptors (Lipinski definition) is 4. The second-order valence-corrected chi connectivity index (χ2v) is 6.14. The van der Waals surface area contributed by atoms with Crippen LogP contribution in [0.1, 0.15) is 31.9 Å². The molecule has 1 aromatic carbocycles. The summed E-state index contributed by atoms with van der Waals surface area (Å²) in [6.07, 6.45) is 4.87. The van der Waals surface area contributed by atoms with Gasteiger partial charge in [-0.05, 0) is 40.8 Å². The first-order valence-electron chi connectivity index (χ1n) is 7.40. The number of pyridine rings is 1. The molecular formula is C18H21N3O2. The van der Waals surface area contributed by atoms with E-state index in [0.717, 1.165) is 5.56 Å². The Morgan fingerprint density at radius 2 is 1.83 bits per heavy atom. The number of amides is 1. The molecule has 0 aliphatic carbocycles. The molecule has 0 atom stereocenters. The van der Waals surface area contributed by atoms with Crippen LogP contribution in [0.5, 0.6) is 5.75 Å². The molecule has 2 aromatic rings. The van der Waals surface area contributed by atoms with Gasteiger partial charge in [0.15, 0.2) is 6.61 Å². The molecule has 0 unspecified atom stereocenters. The highest BCUT2D eigenvalue weighted by molar-refractivity contribution is 5.82. The number of ether oxygens (including phenoxy) is 1. The Kier molecular flexibility index (Phi) is 5.46. The van der Waals surface area contributed by atoms with Crippen molar-refractivity contribution in [3.63, 3.8) is 0 Å². The van der Waals surface area contributed by atoms with Gasteiger partial charge in [0.2, 0.25) is 0 Å². The minimum absolute atomic E-state index is 0.0808. The number of hydrazone groups is 1. The molecule has 1 aromatic heterocycles. The van der Waals surface area contributed by atoms with Crippen molar-refractivity contribution in [2.45, 2.75) is 26.2 Å². The molecule has 23 heavy (non-hydrogen) atoms. The number of carbonyl (C=O) groups is 1. The Morgan fingerprint density at radius 1 is 1.17 bits per heavy atom. The average Bonchev–Trinajstić information content (AvgIpc) is 2.53. The summed E-state index contributed by atoms with van der Waals surface area (Å²) < 4.78 is 5.44. The molecular weight excluding hydrogens is 290 g/mol. The van der Waals surface area contributed by atoms with Crippen LogP contribution in [0.15, 0.2) is 53.9 Å². The molecule has 5 nitrogen and oxygen atoms in total. The number of hydrogen-bond donors (Lipinski definition) is 1.